The van der Waals surface area contributed by atoms with Crippen LogP contribution in [0.25, 0.3) is 0 Å². The Labute approximate surface area is 264 Å². The van der Waals surface area contributed by atoms with Crippen LogP contribution in [0.15, 0.2) is 84.0 Å². The number of carbonyl (C=O) groups excluding carboxylic acids is 1. The Kier molecular flexibility index (Phi) is 9.84. The molecule has 0 bridgehead atoms. The highest BCUT2D eigenvalue weighted by molar-refractivity contribution is 7.90. The molecule has 45 heavy (non-hydrogen) atoms. The Bertz CT molecular complexity index is 1700. The highest BCUT2D eigenvalue weighted by atomic mass is 32.2. The van der Waals surface area contributed by atoms with Gasteiger partial charge in [-0.05, 0) is 96.8 Å². The summed E-state index contributed by atoms with van der Waals surface area (Å²) in [6, 6.07) is 19.8. The van der Waals surface area contributed by atoms with E-state index in [2.05, 4.69) is 29.0 Å². The number of rotatable bonds is 13. The van der Waals surface area contributed by atoms with Gasteiger partial charge in [0, 0.05) is 30.4 Å². The van der Waals surface area contributed by atoms with Crippen molar-refractivity contribution in [3.63, 3.8) is 0 Å². The smallest absolute Gasteiger partial charge is 0.264 e. The molecular weight excluding hydrogens is 592 g/mol. The predicted octanol–water partition coefficient (Wildman–Crippen LogP) is 5.02. The van der Waals surface area contributed by atoms with Crippen molar-refractivity contribution >= 4 is 15.9 Å². The van der Waals surface area contributed by atoms with Crippen LogP contribution in [-0.2, 0) is 40.6 Å². The Morgan fingerprint density at radius 1 is 0.956 bits per heavy atom. The molecule has 10 heteroatoms. The van der Waals surface area contributed by atoms with Crippen LogP contribution in [0.2, 0.25) is 0 Å². The van der Waals surface area contributed by atoms with Crippen molar-refractivity contribution in [3.8, 4) is 17.2 Å². The van der Waals surface area contributed by atoms with E-state index in [1.54, 1.807) is 20.3 Å². The summed E-state index contributed by atoms with van der Waals surface area (Å²) in [6.45, 7) is 2.42. The number of amides is 1. The molecule has 0 spiro atoms. The van der Waals surface area contributed by atoms with Crippen LogP contribution in [0.1, 0.15) is 40.3 Å². The summed E-state index contributed by atoms with van der Waals surface area (Å²) in [4.78, 5) is 12.7. The zero-order valence-electron chi connectivity index (χ0n) is 26.0. The molecule has 0 unspecified atom stereocenters. The van der Waals surface area contributed by atoms with Gasteiger partial charge in [-0.15, -0.1) is 0 Å². The van der Waals surface area contributed by atoms with Crippen molar-refractivity contribution in [2.24, 2.45) is 11.8 Å². The van der Waals surface area contributed by atoms with E-state index < -0.39 is 22.0 Å². The van der Waals surface area contributed by atoms with Gasteiger partial charge in [-0.25, -0.2) is 13.1 Å². The number of carbonyl (C=O) groups is 1. The van der Waals surface area contributed by atoms with Gasteiger partial charge in [-0.3, -0.25) is 4.79 Å². The highest BCUT2D eigenvalue weighted by Crippen LogP contribution is 2.39. The molecule has 1 amide bonds. The number of fused-ring (bicyclic) bond motifs is 1. The average Bonchev–Trinajstić information content (AvgIpc) is 3.66. The number of aromatic nitrogens is 1. The molecule has 1 aliphatic carbocycles. The van der Waals surface area contributed by atoms with E-state index in [4.69, 9.17) is 14.2 Å². The first-order valence-electron chi connectivity index (χ1n) is 14.9. The topological polar surface area (TPSA) is 116 Å². The quantitative estimate of drug-likeness (QED) is 0.213. The van der Waals surface area contributed by atoms with Crippen molar-refractivity contribution in [1.29, 1.82) is 0 Å². The number of aliphatic hydroxyl groups is 1. The van der Waals surface area contributed by atoms with E-state index in [1.165, 1.54) is 42.5 Å². The molecule has 0 radical (unpaired) electrons. The number of ether oxygens (including phenoxy) is 3. The zero-order valence-corrected chi connectivity index (χ0v) is 26.8. The van der Waals surface area contributed by atoms with Crippen LogP contribution in [0, 0.1) is 18.8 Å². The molecule has 0 fully saturated rings. The molecule has 1 heterocycles. The summed E-state index contributed by atoms with van der Waals surface area (Å²) in [6.07, 6.45) is 5.47. The second-order valence-corrected chi connectivity index (χ2v) is 13.3. The number of benzene rings is 3. The van der Waals surface area contributed by atoms with Crippen LogP contribution in [0.5, 0.6) is 17.2 Å². The summed E-state index contributed by atoms with van der Waals surface area (Å²) >= 11 is 0. The van der Waals surface area contributed by atoms with Crippen LogP contribution in [0.3, 0.4) is 0 Å². The third kappa shape index (κ3) is 7.51. The van der Waals surface area contributed by atoms with Crippen LogP contribution < -0.4 is 18.9 Å². The maximum Gasteiger partial charge on any atom is 0.264 e. The minimum Gasteiger partial charge on any atom is -0.497 e. The zero-order chi connectivity index (χ0) is 32.1. The lowest BCUT2D eigenvalue weighted by molar-refractivity contribution is -0.118. The van der Waals surface area contributed by atoms with Gasteiger partial charge in [0.15, 0.2) is 0 Å². The van der Waals surface area contributed by atoms with Gasteiger partial charge < -0.3 is 23.9 Å². The van der Waals surface area contributed by atoms with Gasteiger partial charge in [0.05, 0.1) is 38.7 Å². The fraction of sp³-hybridized carbons (Fsp3) is 0.343. The molecule has 0 saturated heterocycles. The molecule has 9 nitrogen and oxygen atoms in total. The number of hydrogen-bond acceptors (Lipinski definition) is 7. The fourth-order valence-electron chi connectivity index (χ4n) is 6.26. The monoisotopic (exact) mass is 632 g/mol. The number of nitrogens with zero attached hydrogens (tertiary/aromatic N) is 1. The first-order valence-corrected chi connectivity index (χ1v) is 16.4. The van der Waals surface area contributed by atoms with Crippen molar-refractivity contribution in [3.05, 3.63) is 107 Å². The number of sulfonamides is 1. The summed E-state index contributed by atoms with van der Waals surface area (Å²) < 4.78 is 45.8. The molecule has 0 aliphatic heterocycles. The second-order valence-electron chi connectivity index (χ2n) is 11.6. The Morgan fingerprint density at radius 2 is 1.58 bits per heavy atom. The molecule has 4 aromatic rings. The first kappa shape index (κ1) is 32.1. The fourth-order valence-corrected chi connectivity index (χ4v) is 7.25. The lowest BCUT2D eigenvalue weighted by Crippen LogP contribution is -2.31. The van der Waals surface area contributed by atoms with E-state index in [0.717, 1.165) is 24.8 Å². The molecule has 2 atom stereocenters. The van der Waals surface area contributed by atoms with E-state index in [0.29, 0.717) is 40.8 Å². The van der Waals surface area contributed by atoms with Crippen molar-refractivity contribution in [1.82, 2.24) is 9.29 Å². The largest absolute Gasteiger partial charge is 0.497 e. The van der Waals surface area contributed by atoms with Crippen molar-refractivity contribution in [2.45, 2.75) is 50.2 Å². The van der Waals surface area contributed by atoms with Crippen LogP contribution in [-0.4, -0.2) is 45.3 Å². The predicted molar refractivity (Wildman–Crippen MR) is 171 cm³/mol. The molecule has 0 saturated carbocycles. The molecular formula is C35H40N2O7S. The van der Waals surface area contributed by atoms with E-state index >= 15 is 0 Å². The molecule has 5 rings (SSSR count). The lowest BCUT2D eigenvalue weighted by atomic mass is 9.85. The minimum absolute atomic E-state index is 0.0236. The SMILES string of the molecule is COc1ccc(S(=O)(=O)NC(=O)Cc2ccn(C[C@H](CC3Cc4ccccc4C3)[C@H](O)c3cc(OC)c(C)c(OC)c3)c2)cc1. The van der Waals surface area contributed by atoms with Crippen LogP contribution >= 0.6 is 0 Å². The van der Waals surface area contributed by atoms with E-state index in [-0.39, 0.29) is 17.2 Å². The van der Waals surface area contributed by atoms with E-state index in [9.17, 15) is 18.3 Å². The van der Waals surface area contributed by atoms with Gasteiger partial charge in [0.25, 0.3) is 10.0 Å². The van der Waals surface area contributed by atoms with Crippen molar-refractivity contribution in [2.75, 3.05) is 21.3 Å². The third-order valence-electron chi connectivity index (χ3n) is 8.57. The Hall–Kier alpha value is -4.28. The summed E-state index contributed by atoms with van der Waals surface area (Å²) in [5, 5.41) is 11.8. The average molecular weight is 633 g/mol. The Balaban J connectivity index is 1.32. The summed E-state index contributed by atoms with van der Waals surface area (Å²) in [5.41, 5.74) is 4.95. The minimum atomic E-state index is -4.02. The normalized spacial score (nSPS) is 14.4. The number of nitrogens with one attached hydrogen (secondary N) is 1. The van der Waals surface area contributed by atoms with E-state index in [1.807, 2.05) is 36.0 Å². The van der Waals surface area contributed by atoms with Gasteiger partial charge >= 0.3 is 0 Å². The molecule has 3 aromatic carbocycles. The molecule has 2 N–H and O–H groups in total. The maximum atomic E-state index is 12.7. The highest BCUT2D eigenvalue weighted by Gasteiger charge is 2.30. The van der Waals surface area contributed by atoms with Gasteiger partial charge in [-0.2, -0.15) is 0 Å². The maximum absolute atomic E-state index is 12.7. The summed E-state index contributed by atoms with van der Waals surface area (Å²) in [5.74, 6) is 1.39. The third-order valence-corrected chi connectivity index (χ3v) is 9.96. The standard InChI is InChI=1S/C35H40N2O7S/c1-23-32(43-3)19-28(20-33(23)44-4)35(39)29(17-25-15-26-7-5-6-8-27(26)16-25)22-37-14-13-24(21-37)18-34(38)36-45(40,41)31-11-9-30(42-2)10-12-31/h5-14,19-21,25,29,35,39H,15-18,22H2,1-4H3,(H,36,38)/t29-,35+/m0/s1. The lowest BCUT2D eigenvalue weighted by Gasteiger charge is -2.27. The van der Waals surface area contributed by atoms with Gasteiger partial charge in [0.2, 0.25) is 5.91 Å². The first-order chi connectivity index (χ1) is 21.6. The molecule has 1 aromatic heterocycles. The molecule has 238 valence electrons. The van der Waals surface area contributed by atoms with Gasteiger partial charge in [0.1, 0.15) is 17.2 Å². The Morgan fingerprint density at radius 3 is 2.16 bits per heavy atom. The molecule has 1 aliphatic rings. The number of methoxy groups -OCH3 is 3. The number of hydrogen-bond donors (Lipinski definition) is 2. The number of aliphatic hydroxyl groups excluding tert-OH is 1. The second kappa shape index (κ2) is 13.8. The van der Waals surface area contributed by atoms with Gasteiger partial charge in [-0.1, -0.05) is 24.3 Å². The summed E-state index contributed by atoms with van der Waals surface area (Å²) in [7, 11) is 0.670. The van der Waals surface area contributed by atoms with Crippen molar-refractivity contribution < 1.29 is 32.5 Å². The van der Waals surface area contributed by atoms with Crippen LogP contribution in [0.4, 0.5) is 0 Å².